The van der Waals surface area contributed by atoms with Gasteiger partial charge in [-0.2, -0.15) is 4.31 Å². The topological polar surface area (TPSA) is 46.6 Å². The number of hydrogen-bond acceptors (Lipinski definition) is 3. The molecule has 1 aromatic rings. The summed E-state index contributed by atoms with van der Waals surface area (Å²) < 4.78 is 32.9. The van der Waals surface area contributed by atoms with Gasteiger partial charge >= 0.3 is 0 Å². The molecule has 6 heteroatoms. The smallest absolute Gasteiger partial charge is 0.243 e. The van der Waals surface area contributed by atoms with Gasteiger partial charge in [0.15, 0.2) is 0 Å². The maximum Gasteiger partial charge on any atom is 0.243 e. The van der Waals surface area contributed by atoms with Crippen LogP contribution in [0, 0.1) is 11.8 Å². The zero-order valence-corrected chi connectivity index (χ0v) is 14.4. The zero-order chi connectivity index (χ0) is 14.9. The van der Waals surface area contributed by atoms with E-state index in [4.69, 9.17) is 4.74 Å². The molecule has 1 aliphatic rings. The van der Waals surface area contributed by atoms with Crippen molar-refractivity contribution < 1.29 is 13.2 Å². The fourth-order valence-electron chi connectivity index (χ4n) is 2.75. The molecule has 0 saturated carbocycles. The van der Waals surface area contributed by atoms with Gasteiger partial charge in [-0.15, -0.1) is 0 Å². The largest absolute Gasteiger partial charge is 0.496 e. The molecule has 0 spiro atoms. The van der Waals surface area contributed by atoms with Gasteiger partial charge in [0.2, 0.25) is 10.0 Å². The van der Waals surface area contributed by atoms with Crippen LogP contribution in [0.4, 0.5) is 0 Å². The van der Waals surface area contributed by atoms with Crippen molar-refractivity contribution >= 4 is 26.0 Å². The van der Waals surface area contributed by atoms with E-state index in [0.717, 1.165) is 10.9 Å². The molecule has 1 fully saturated rings. The molecular weight excluding hydrogens is 342 g/mol. The average Bonchev–Trinajstić information content (AvgIpc) is 2.37. The third-order valence-corrected chi connectivity index (χ3v) is 6.08. The Kier molecular flexibility index (Phi) is 4.76. The van der Waals surface area contributed by atoms with Crippen molar-refractivity contribution in [1.82, 2.24) is 4.31 Å². The Hall–Kier alpha value is -0.590. The van der Waals surface area contributed by atoms with E-state index < -0.39 is 10.0 Å². The third kappa shape index (κ3) is 3.18. The van der Waals surface area contributed by atoms with Crippen LogP contribution >= 0.6 is 15.9 Å². The first-order valence-corrected chi connectivity index (χ1v) is 8.91. The highest BCUT2D eigenvalue weighted by atomic mass is 79.9. The second kappa shape index (κ2) is 6.03. The van der Waals surface area contributed by atoms with Gasteiger partial charge in [-0.1, -0.05) is 13.8 Å². The second-order valence-corrected chi connectivity index (χ2v) is 8.36. The lowest BCUT2D eigenvalue weighted by Crippen LogP contribution is -2.42. The maximum atomic E-state index is 12.7. The molecule has 0 unspecified atom stereocenters. The Morgan fingerprint density at radius 1 is 1.25 bits per heavy atom. The first-order valence-electron chi connectivity index (χ1n) is 6.68. The predicted octanol–water partition coefficient (Wildman–Crippen LogP) is 3.12. The molecule has 0 radical (unpaired) electrons. The van der Waals surface area contributed by atoms with Gasteiger partial charge in [-0.25, -0.2) is 8.42 Å². The number of rotatable bonds is 3. The molecule has 0 N–H and O–H groups in total. The lowest BCUT2D eigenvalue weighted by Gasteiger charge is -2.34. The molecule has 112 valence electrons. The summed E-state index contributed by atoms with van der Waals surface area (Å²) in [5.41, 5.74) is 0. The normalized spacial score (nSPS) is 24.6. The number of hydrogen-bond donors (Lipinski definition) is 0. The van der Waals surface area contributed by atoms with Crippen molar-refractivity contribution in [2.45, 2.75) is 25.2 Å². The predicted molar refractivity (Wildman–Crippen MR) is 82.4 cm³/mol. The average molecular weight is 362 g/mol. The van der Waals surface area contributed by atoms with E-state index in [9.17, 15) is 8.42 Å². The van der Waals surface area contributed by atoms with Crippen LogP contribution in [0.1, 0.15) is 20.3 Å². The van der Waals surface area contributed by atoms with Crippen molar-refractivity contribution in [2.24, 2.45) is 11.8 Å². The number of ether oxygens (including phenoxy) is 1. The standard InChI is InChI=1S/C14H20BrNO3S/c1-10-6-11(2)9-16(8-10)20(17,18)12-4-5-13(15)14(7-12)19-3/h4-5,7,10-11H,6,8-9H2,1-3H3/t10-,11-/m0/s1. The maximum absolute atomic E-state index is 12.7. The lowest BCUT2D eigenvalue weighted by molar-refractivity contribution is 0.222. The van der Waals surface area contributed by atoms with Gasteiger partial charge in [0.1, 0.15) is 5.75 Å². The van der Waals surface area contributed by atoms with Crippen LogP contribution in [0.3, 0.4) is 0 Å². The molecule has 0 bridgehead atoms. The van der Waals surface area contributed by atoms with Crippen molar-refractivity contribution in [3.8, 4) is 5.75 Å². The van der Waals surface area contributed by atoms with E-state index in [1.165, 1.54) is 7.11 Å². The summed E-state index contributed by atoms with van der Waals surface area (Å²) in [6.07, 6.45) is 1.08. The van der Waals surface area contributed by atoms with Crippen LogP contribution in [-0.2, 0) is 10.0 Å². The third-order valence-electron chi connectivity index (χ3n) is 3.60. The summed E-state index contributed by atoms with van der Waals surface area (Å²) in [4.78, 5) is 0.291. The minimum Gasteiger partial charge on any atom is -0.496 e. The first kappa shape index (κ1) is 15.8. The molecule has 4 nitrogen and oxygen atoms in total. The van der Waals surface area contributed by atoms with E-state index in [1.807, 2.05) is 0 Å². The van der Waals surface area contributed by atoms with Gasteiger partial charge in [0, 0.05) is 19.2 Å². The monoisotopic (exact) mass is 361 g/mol. The first-order chi connectivity index (χ1) is 9.34. The second-order valence-electron chi connectivity index (χ2n) is 5.56. The van der Waals surface area contributed by atoms with E-state index >= 15 is 0 Å². The summed E-state index contributed by atoms with van der Waals surface area (Å²) in [5.74, 6) is 1.32. The molecule has 1 aromatic carbocycles. The number of halogens is 1. The van der Waals surface area contributed by atoms with Crippen LogP contribution in [0.25, 0.3) is 0 Å². The highest BCUT2D eigenvalue weighted by Crippen LogP contribution is 2.31. The van der Waals surface area contributed by atoms with Crippen molar-refractivity contribution in [3.05, 3.63) is 22.7 Å². The summed E-state index contributed by atoms with van der Waals surface area (Å²) >= 11 is 3.34. The SMILES string of the molecule is COc1cc(S(=O)(=O)N2C[C@@H](C)C[C@H](C)C2)ccc1Br. The van der Waals surface area contributed by atoms with Crippen LogP contribution in [0.15, 0.2) is 27.6 Å². The number of benzene rings is 1. The Morgan fingerprint density at radius 3 is 2.40 bits per heavy atom. The Balaban J connectivity index is 2.34. The molecular formula is C14H20BrNO3S. The lowest BCUT2D eigenvalue weighted by atomic mass is 9.94. The molecule has 1 heterocycles. The van der Waals surface area contributed by atoms with Gasteiger partial charge in [0.25, 0.3) is 0 Å². The van der Waals surface area contributed by atoms with Crippen molar-refractivity contribution in [2.75, 3.05) is 20.2 Å². The molecule has 1 aliphatic heterocycles. The van der Waals surface area contributed by atoms with E-state index in [2.05, 4.69) is 29.8 Å². The van der Waals surface area contributed by atoms with E-state index in [-0.39, 0.29) is 0 Å². The summed E-state index contributed by atoms with van der Waals surface area (Å²) in [7, 11) is -1.92. The fraction of sp³-hybridized carbons (Fsp3) is 0.571. The van der Waals surface area contributed by atoms with E-state index in [1.54, 1.807) is 22.5 Å². The van der Waals surface area contributed by atoms with Gasteiger partial charge in [-0.3, -0.25) is 0 Å². The van der Waals surface area contributed by atoms with Gasteiger partial charge in [-0.05, 0) is 46.3 Å². The van der Waals surface area contributed by atoms with Crippen LogP contribution in [0.5, 0.6) is 5.75 Å². The van der Waals surface area contributed by atoms with Gasteiger partial charge in [0.05, 0.1) is 16.5 Å². The van der Waals surface area contributed by atoms with Crippen LogP contribution < -0.4 is 4.74 Å². The summed E-state index contributed by atoms with van der Waals surface area (Å²) in [5, 5.41) is 0. The van der Waals surface area contributed by atoms with Crippen LogP contribution in [-0.4, -0.2) is 32.9 Å². The van der Waals surface area contributed by atoms with Crippen molar-refractivity contribution in [1.29, 1.82) is 0 Å². The molecule has 0 aliphatic carbocycles. The highest BCUT2D eigenvalue weighted by molar-refractivity contribution is 9.10. The molecule has 20 heavy (non-hydrogen) atoms. The Morgan fingerprint density at radius 2 is 1.85 bits per heavy atom. The minimum absolute atomic E-state index is 0.291. The summed E-state index contributed by atoms with van der Waals surface area (Å²) in [6, 6.07) is 4.90. The number of piperidine rings is 1. The minimum atomic E-state index is -3.44. The Labute approximate surface area is 129 Å². The molecule has 0 amide bonds. The van der Waals surface area contributed by atoms with E-state index in [0.29, 0.717) is 35.6 Å². The van der Waals surface area contributed by atoms with Crippen LogP contribution in [0.2, 0.25) is 0 Å². The summed E-state index contributed by atoms with van der Waals surface area (Å²) in [6.45, 7) is 5.37. The number of sulfonamides is 1. The fourth-order valence-corrected chi connectivity index (χ4v) is 4.86. The zero-order valence-electron chi connectivity index (χ0n) is 12.0. The number of nitrogens with zero attached hydrogens (tertiary/aromatic N) is 1. The Bertz CT molecular complexity index is 578. The molecule has 0 aromatic heterocycles. The molecule has 2 rings (SSSR count). The molecule has 1 saturated heterocycles. The number of methoxy groups -OCH3 is 1. The quantitative estimate of drug-likeness (QED) is 0.830. The highest BCUT2D eigenvalue weighted by Gasteiger charge is 2.31. The van der Waals surface area contributed by atoms with Gasteiger partial charge < -0.3 is 4.74 Å². The van der Waals surface area contributed by atoms with Crippen molar-refractivity contribution in [3.63, 3.8) is 0 Å². The molecule has 2 atom stereocenters.